The lowest BCUT2D eigenvalue weighted by Gasteiger charge is -2.14. The van der Waals surface area contributed by atoms with E-state index in [0.717, 1.165) is 5.69 Å². The van der Waals surface area contributed by atoms with Gasteiger partial charge in [0.05, 0.1) is 12.5 Å². The van der Waals surface area contributed by atoms with Crippen LogP contribution < -0.4 is 10.6 Å². The summed E-state index contributed by atoms with van der Waals surface area (Å²) in [5, 5.41) is 14.8. The average Bonchev–Trinajstić information content (AvgIpc) is 2.28. The molecule has 1 aromatic rings. The normalized spacial score (nSPS) is 11.6. The molecule has 1 amide bonds. The zero-order valence-corrected chi connectivity index (χ0v) is 10.1. The van der Waals surface area contributed by atoms with E-state index in [2.05, 4.69) is 16.7 Å². The molecule has 0 aromatic heterocycles. The van der Waals surface area contributed by atoms with Gasteiger partial charge in [-0.05, 0) is 26.0 Å². The molecule has 1 atom stereocenters. The van der Waals surface area contributed by atoms with Crippen LogP contribution in [0.4, 0.5) is 5.69 Å². The highest BCUT2D eigenvalue weighted by Crippen LogP contribution is 2.08. The second-order valence-electron chi connectivity index (χ2n) is 4.12. The minimum atomic E-state index is -0.504. The predicted molar refractivity (Wildman–Crippen MR) is 67.4 cm³/mol. The summed E-state index contributed by atoms with van der Waals surface area (Å²) in [7, 11) is 0. The van der Waals surface area contributed by atoms with Gasteiger partial charge in [0.1, 0.15) is 6.04 Å². The molecular weight excluding hydrogens is 214 g/mol. The van der Waals surface area contributed by atoms with Crippen LogP contribution in [0.2, 0.25) is 0 Å². The summed E-state index contributed by atoms with van der Waals surface area (Å²) in [6, 6.07) is 11.1. The van der Waals surface area contributed by atoms with Gasteiger partial charge in [0.15, 0.2) is 0 Å². The van der Waals surface area contributed by atoms with Crippen molar-refractivity contribution in [3.8, 4) is 6.07 Å². The summed E-state index contributed by atoms with van der Waals surface area (Å²) in [5.74, 6) is -0.116. The van der Waals surface area contributed by atoms with Crippen molar-refractivity contribution in [3.05, 3.63) is 30.3 Å². The van der Waals surface area contributed by atoms with E-state index in [9.17, 15) is 4.79 Å². The Morgan fingerprint density at radius 3 is 2.53 bits per heavy atom. The molecule has 0 fully saturated rings. The van der Waals surface area contributed by atoms with E-state index >= 15 is 0 Å². The van der Waals surface area contributed by atoms with Gasteiger partial charge in [-0.15, -0.1) is 0 Å². The van der Waals surface area contributed by atoms with Crippen molar-refractivity contribution in [1.29, 1.82) is 5.26 Å². The lowest BCUT2D eigenvalue weighted by molar-refractivity contribution is -0.121. The van der Waals surface area contributed by atoms with E-state index < -0.39 is 6.04 Å². The molecule has 0 bridgehead atoms. The number of amides is 1. The van der Waals surface area contributed by atoms with Crippen LogP contribution in [-0.4, -0.2) is 18.0 Å². The summed E-state index contributed by atoms with van der Waals surface area (Å²) in [5.41, 5.74) is 0.844. The van der Waals surface area contributed by atoms with Gasteiger partial charge >= 0.3 is 0 Å². The van der Waals surface area contributed by atoms with Crippen LogP contribution in [0.25, 0.3) is 0 Å². The number of benzene rings is 1. The first-order valence-corrected chi connectivity index (χ1v) is 5.62. The Morgan fingerprint density at radius 2 is 2.00 bits per heavy atom. The molecule has 0 saturated heterocycles. The van der Waals surface area contributed by atoms with Crippen molar-refractivity contribution in [2.45, 2.75) is 32.4 Å². The Kier molecular flexibility index (Phi) is 5.02. The number of para-hydroxylation sites is 1. The molecule has 4 heteroatoms. The molecule has 0 aliphatic rings. The number of hydrogen-bond acceptors (Lipinski definition) is 3. The molecule has 2 N–H and O–H groups in total. The maximum Gasteiger partial charge on any atom is 0.223 e. The Bertz CT molecular complexity index is 395. The number of hydrogen-bond donors (Lipinski definition) is 2. The largest absolute Gasteiger partial charge is 0.369 e. The van der Waals surface area contributed by atoms with Crippen molar-refractivity contribution in [3.63, 3.8) is 0 Å². The van der Waals surface area contributed by atoms with Gasteiger partial charge in [-0.25, -0.2) is 0 Å². The third-order valence-electron chi connectivity index (χ3n) is 2.11. The standard InChI is InChI=1S/C13H17N3O/c1-10(2)15-13(17)8-12(9-14)16-11-6-4-3-5-7-11/h3-7,10,12,16H,8H2,1-2H3,(H,15,17). The predicted octanol–water partition coefficient (Wildman–Crippen LogP) is 1.91. The summed E-state index contributed by atoms with van der Waals surface area (Å²) >= 11 is 0. The lowest BCUT2D eigenvalue weighted by Crippen LogP contribution is -2.34. The fourth-order valence-corrected chi connectivity index (χ4v) is 1.43. The van der Waals surface area contributed by atoms with Crippen LogP contribution in [0.3, 0.4) is 0 Å². The maximum absolute atomic E-state index is 11.5. The van der Waals surface area contributed by atoms with Crippen molar-refractivity contribution in [1.82, 2.24) is 5.32 Å². The van der Waals surface area contributed by atoms with E-state index in [4.69, 9.17) is 5.26 Å². The van der Waals surface area contributed by atoms with Crippen molar-refractivity contribution < 1.29 is 4.79 Å². The van der Waals surface area contributed by atoms with Crippen molar-refractivity contribution in [2.75, 3.05) is 5.32 Å². The molecule has 90 valence electrons. The lowest BCUT2D eigenvalue weighted by atomic mass is 10.2. The van der Waals surface area contributed by atoms with Crippen LogP contribution in [0.15, 0.2) is 30.3 Å². The van der Waals surface area contributed by atoms with Gasteiger partial charge in [0.25, 0.3) is 0 Å². The number of rotatable bonds is 5. The number of nitrogens with one attached hydrogen (secondary N) is 2. The Balaban J connectivity index is 2.50. The molecule has 1 aromatic carbocycles. The van der Waals surface area contributed by atoms with Crippen LogP contribution in [-0.2, 0) is 4.79 Å². The van der Waals surface area contributed by atoms with Crippen LogP contribution in [0.1, 0.15) is 20.3 Å². The fraction of sp³-hybridized carbons (Fsp3) is 0.385. The van der Waals surface area contributed by atoms with Crippen molar-refractivity contribution in [2.24, 2.45) is 0 Å². The van der Waals surface area contributed by atoms with E-state index in [-0.39, 0.29) is 18.4 Å². The first kappa shape index (κ1) is 13.0. The van der Waals surface area contributed by atoms with Gasteiger partial charge in [-0.3, -0.25) is 4.79 Å². The first-order chi connectivity index (χ1) is 8.11. The highest BCUT2D eigenvalue weighted by molar-refractivity contribution is 5.77. The molecule has 0 aliphatic heterocycles. The SMILES string of the molecule is CC(C)NC(=O)CC(C#N)Nc1ccccc1. The zero-order valence-electron chi connectivity index (χ0n) is 10.1. The molecular formula is C13H17N3O. The van der Waals surface area contributed by atoms with Gasteiger partial charge in [-0.2, -0.15) is 5.26 Å². The summed E-state index contributed by atoms with van der Waals surface area (Å²) in [6.07, 6.45) is 0.156. The van der Waals surface area contributed by atoms with Crippen LogP contribution >= 0.6 is 0 Å². The molecule has 0 saturated carbocycles. The third kappa shape index (κ3) is 5.03. The Morgan fingerprint density at radius 1 is 1.35 bits per heavy atom. The van der Waals surface area contributed by atoms with Gasteiger partial charge < -0.3 is 10.6 Å². The number of carbonyl (C=O) groups is 1. The molecule has 0 aliphatic carbocycles. The van der Waals surface area contributed by atoms with E-state index in [1.165, 1.54) is 0 Å². The molecule has 0 radical (unpaired) electrons. The van der Waals surface area contributed by atoms with Gasteiger partial charge in [0.2, 0.25) is 5.91 Å². The molecule has 4 nitrogen and oxygen atoms in total. The quantitative estimate of drug-likeness (QED) is 0.813. The van der Waals surface area contributed by atoms with E-state index in [1.54, 1.807) is 0 Å². The van der Waals surface area contributed by atoms with Gasteiger partial charge in [0, 0.05) is 11.7 Å². The topological polar surface area (TPSA) is 64.9 Å². The molecule has 0 spiro atoms. The number of nitrogens with zero attached hydrogens (tertiary/aromatic N) is 1. The number of anilines is 1. The molecule has 1 unspecified atom stereocenters. The Hall–Kier alpha value is -2.02. The second kappa shape index (κ2) is 6.54. The highest BCUT2D eigenvalue weighted by Gasteiger charge is 2.13. The monoisotopic (exact) mass is 231 g/mol. The third-order valence-corrected chi connectivity index (χ3v) is 2.11. The minimum Gasteiger partial charge on any atom is -0.369 e. The summed E-state index contributed by atoms with van der Waals surface area (Å²) in [6.45, 7) is 3.79. The Labute approximate surface area is 102 Å². The molecule has 17 heavy (non-hydrogen) atoms. The van der Waals surface area contributed by atoms with Gasteiger partial charge in [-0.1, -0.05) is 18.2 Å². The molecule has 0 heterocycles. The highest BCUT2D eigenvalue weighted by atomic mass is 16.1. The van der Waals surface area contributed by atoms with E-state index in [1.807, 2.05) is 44.2 Å². The van der Waals surface area contributed by atoms with Crippen LogP contribution in [0, 0.1) is 11.3 Å². The summed E-state index contributed by atoms with van der Waals surface area (Å²) in [4.78, 5) is 11.5. The molecule has 1 rings (SSSR count). The number of carbonyl (C=O) groups excluding carboxylic acids is 1. The fourth-order valence-electron chi connectivity index (χ4n) is 1.43. The summed E-state index contributed by atoms with van der Waals surface area (Å²) < 4.78 is 0. The smallest absolute Gasteiger partial charge is 0.223 e. The minimum absolute atomic E-state index is 0.0959. The second-order valence-corrected chi connectivity index (χ2v) is 4.12. The number of nitriles is 1. The zero-order chi connectivity index (χ0) is 12.7. The maximum atomic E-state index is 11.5. The first-order valence-electron chi connectivity index (χ1n) is 5.62. The van der Waals surface area contributed by atoms with E-state index in [0.29, 0.717) is 0 Å². The van der Waals surface area contributed by atoms with Crippen molar-refractivity contribution >= 4 is 11.6 Å². The average molecular weight is 231 g/mol. The van der Waals surface area contributed by atoms with Crippen LogP contribution in [0.5, 0.6) is 0 Å².